The Bertz CT molecular complexity index is 236. The molecule has 0 saturated carbocycles. The van der Waals surface area contributed by atoms with Crippen molar-refractivity contribution >= 4 is 5.91 Å². The molecule has 0 radical (unpaired) electrons. The average Bonchev–Trinajstić information content (AvgIpc) is 2.26. The van der Waals surface area contributed by atoms with Gasteiger partial charge < -0.3 is 15.4 Å². The lowest BCUT2D eigenvalue weighted by Gasteiger charge is -2.35. The molecule has 2 atom stereocenters. The van der Waals surface area contributed by atoms with Crippen molar-refractivity contribution in [1.82, 2.24) is 4.90 Å². The SMILES string of the molecule is CCC(C)N(CCOC)C(=O)[C@@H](N)C(C)(C)C. The van der Waals surface area contributed by atoms with Crippen LogP contribution in [0.3, 0.4) is 0 Å². The fourth-order valence-corrected chi connectivity index (χ4v) is 1.51. The monoisotopic (exact) mass is 244 g/mol. The molecule has 0 saturated heterocycles. The second-order valence-electron chi connectivity index (χ2n) is 5.63. The maximum Gasteiger partial charge on any atom is 0.240 e. The zero-order valence-corrected chi connectivity index (χ0v) is 12.1. The normalized spacial score (nSPS) is 15.5. The van der Waals surface area contributed by atoms with Crippen molar-refractivity contribution in [3.05, 3.63) is 0 Å². The van der Waals surface area contributed by atoms with Gasteiger partial charge in [-0.15, -0.1) is 0 Å². The fraction of sp³-hybridized carbons (Fsp3) is 0.923. The van der Waals surface area contributed by atoms with Gasteiger partial charge in [0, 0.05) is 19.7 Å². The van der Waals surface area contributed by atoms with Gasteiger partial charge in [-0.1, -0.05) is 27.7 Å². The van der Waals surface area contributed by atoms with Crippen LogP contribution in [0.4, 0.5) is 0 Å². The van der Waals surface area contributed by atoms with Crippen LogP contribution in [0.2, 0.25) is 0 Å². The molecule has 4 nitrogen and oxygen atoms in total. The molecule has 0 aliphatic carbocycles. The summed E-state index contributed by atoms with van der Waals surface area (Å²) >= 11 is 0. The Morgan fingerprint density at radius 1 is 1.41 bits per heavy atom. The Morgan fingerprint density at radius 2 is 1.94 bits per heavy atom. The van der Waals surface area contributed by atoms with Gasteiger partial charge >= 0.3 is 0 Å². The molecule has 0 aliphatic rings. The molecular formula is C13H28N2O2. The molecule has 2 N–H and O–H groups in total. The Hall–Kier alpha value is -0.610. The van der Waals surface area contributed by atoms with E-state index in [0.29, 0.717) is 13.2 Å². The van der Waals surface area contributed by atoms with Crippen molar-refractivity contribution in [2.24, 2.45) is 11.1 Å². The van der Waals surface area contributed by atoms with Gasteiger partial charge in [0.05, 0.1) is 12.6 Å². The van der Waals surface area contributed by atoms with Gasteiger partial charge in [-0.3, -0.25) is 4.79 Å². The molecule has 17 heavy (non-hydrogen) atoms. The topological polar surface area (TPSA) is 55.6 Å². The molecule has 0 bridgehead atoms. The number of methoxy groups -OCH3 is 1. The number of hydrogen-bond acceptors (Lipinski definition) is 3. The summed E-state index contributed by atoms with van der Waals surface area (Å²) in [7, 11) is 1.64. The molecule has 0 aromatic rings. The third kappa shape index (κ3) is 5.04. The summed E-state index contributed by atoms with van der Waals surface area (Å²) < 4.78 is 5.05. The summed E-state index contributed by atoms with van der Waals surface area (Å²) in [6.45, 7) is 11.2. The maximum atomic E-state index is 12.3. The summed E-state index contributed by atoms with van der Waals surface area (Å²) in [5.41, 5.74) is 5.81. The third-order valence-corrected chi connectivity index (χ3v) is 3.14. The molecule has 1 amide bonds. The first-order chi connectivity index (χ1) is 7.75. The fourth-order valence-electron chi connectivity index (χ4n) is 1.51. The van der Waals surface area contributed by atoms with Gasteiger partial charge in [-0.05, 0) is 18.8 Å². The first kappa shape index (κ1) is 16.4. The van der Waals surface area contributed by atoms with Crippen molar-refractivity contribution in [1.29, 1.82) is 0 Å². The Balaban J connectivity index is 4.74. The lowest BCUT2D eigenvalue weighted by molar-refractivity contribution is -0.137. The van der Waals surface area contributed by atoms with Crippen LogP contribution in [0, 0.1) is 5.41 Å². The molecule has 0 aliphatic heterocycles. The summed E-state index contributed by atoms with van der Waals surface area (Å²) in [5.74, 6) is 0.0175. The molecule has 0 fully saturated rings. The lowest BCUT2D eigenvalue weighted by Crippen LogP contribution is -2.53. The molecule has 0 rings (SSSR count). The maximum absolute atomic E-state index is 12.3. The quantitative estimate of drug-likeness (QED) is 0.772. The van der Waals surface area contributed by atoms with Crippen LogP contribution in [0.15, 0.2) is 0 Å². The van der Waals surface area contributed by atoms with E-state index in [4.69, 9.17) is 10.5 Å². The molecule has 1 unspecified atom stereocenters. The third-order valence-electron chi connectivity index (χ3n) is 3.14. The van der Waals surface area contributed by atoms with E-state index >= 15 is 0 Å². The highest BCUT2D eigenvalue weighted by atomic mass is 16.5. The lowest BCUT2D eigenvalue weighted by atomic mass is 9.86. The van der Waals surface area contributed by atoms with E-state index in [9.17, 15) is 4.79 Å². The van der Waals surface area contributed by atoms with Gasteiger partial charge in [0.2, 0.25) is 5.91 Å². The van der Waals surface area contributed by atoms with Crippen LogP contribution in [0.5, 0.6) is 0 Å². The number of carbonyl (C=O) groups is 1. The van der Waals surface area contributed by atoms with Crippen LogP contribution in [0.1, 0.15) is 41.0 Å². The van der Waals surface area contributed by atoms with Gasteiger partial charge in [0.1, 0.15) is 0 Å². The number of ether oxygens (including phenoxy) is 1. The second kappa shape index (κ2) is 6.97. The predicted molar refractivity (Wildman–Crippen MR) is 70.8 cm³/mol. The van der Waals surface area contributed by atoms with Crippen molar-refractivity contribution in [3.8, 4) is 0 Å². The molecule has 0 aromatic carbocycles. The summed E-state index contributed by atoms with van der Waals surface area (Å²) in [6.07, 6.45) is 0.923. The average molecular weight is 244 g/mol. The van der Waals surface area contributed by atoms with Crippen LogP contribution < -0.4 is 5.73 Å². The summed E-state index contributed by atoms with van der Waals surface area (Å²) in [6, 6.07) is -0.264. The molecule has 4 heteroatoms. The van der Waals surface area contributed by atoms with Crippen molar-refractivity contribution < 1.29 is 9.53 Å². The van der Waals surface area contributed by atoms with Crippen LogP contribution in [-0.4, -0.2) is 43.2 Å². The minimum atomic E-state index is -0.464. The largest absolute Gasteiger partial charge is 0.383 e. The zero-order chi connectivity index (χ0) is 13.6. The van der Waals surface area contributed by atoms with Crippen molar-refractivity contribution in [2.45, 2.75) is 53.1 Å². The van der Waals surface area contributed by atoms with E-state index < -0.39 is 6.04 Å². The standard InChI is InChI=1S/C13H28N2O2/c1-7-10(2)15(8-9-17-6)12(16)11(14)13(3,4)5/h10-11H,7-9,14H2,1-6H3/t10?,11-/m1/s1. The Kier molecular flexibility index (Phi) is 6.72. The Morgan fingerprint density at radius 3 is 2.29 bits per heavy atom. The zero-order valence-electron chi connectivity index (χ0n) is 12.1. The van der Waals surface area contributed by atoms with Crippen molar-refractivity contribution in [3.63, 3.8) is 0 Å². The molecule has 0 aromatic heterocycles. The van der Waals surface area contributed by atoms with E-state index in [1.807, 2.05) is 32.6 Å². The number of nitrogens with zero attached hydrogens (tertiary/aromatic N) is 1. The van der Waals surface area contributed by atoms with Gasteiger partial charge in [0.25, 0.3) is 0 Å². The van der Waals surface area contributed by atoms with E-state index in [2.05, 4.69) is 6.92 Å². The number of amides is 1. The minimum absolute atomic E-state index is 0.0175. The summed E-state index contributed by atoms with van der Waals surface area (Å²) in [5, 5.41) is 0. The molecule has 0 heterocycles. The number of carbonyl (C=O) groups excluding carboxylic acids is 1. The molecular weight excluding hydrogens is 216 g/mol. The Labute approximate surface area is 105 Å². The van der Waals surface area contributed by atoms with E-state index in [0.717, 1.165) is 6.42 Å². The first-order valence-corrected chi connectivity index (χ1v) is 6.30. The molecule has 102 valence electrons. The smallest absolute Gasteiger partial charge is 0.240 e. The van der Waals surface area contributed by atoms with Gasteiger partial charge in [-0.25, -0.2) is 0 Å². The predicted octanol–water partition coefficient (Wildman–Crippen LogP) is 1.63. The van der Waals surface area contributed by atoms with Crippen LogP contribution in [0.25, 0.3) is 0 Å². The molecule has 0 spiro atoms. The highest BCUT2D eigenvalue weighted by molar-refractivity contribution is 5.82. The van der Waals surface area contributed by atoms with E-state index in [1.165, 1.54) is 0 Å². The van der Waals surface area contributed by atoms with Crippen molar-refractivity contribution in [2.75, 3.05) is 20.3 Å². The van der Waals surface area contributed by atoms with Crippen LogP contribution >= 0.6 is 0 Å². The minimum Gasteiger partial charge on any atom is -0.383 e. The highest BCUT2D eigenvalue weighted by Crippen LogP contribution is 2.20. The van der Waals surface area contributed by atoms with Gasteiger partial charge in [0.15, 0.2) is 0 Å². The number of rotatable bonds is 6. The van der Waals surface area contributed by atoms with E-state index in [1.54, 1.807) is 7.11 Å². The van der Waals surface area contributed by atoms with Gasteiger partial charge in [-0.2, -0.15) is 0 Å². The highest BCUT2D eigenvalue weighted by Gasteiger charge is 2.32. The summed E-state index contributed by atoms with van der Waals surface area (Å²) in [4.78, 5) is 14.2. The van der Waals surface area contributed by atoms with E-state index in [-0.39, 0.29) is 17.4 Å². The number of hydrogen-bond donors (Lipinski definition) is 1. The second-order valence-corrected chi connectivity index (χ2v) is 5.63. The van der Waals surface area contributed by atoms with Crippen LogP contribution in [-0.2, 0) is 9.53 Å². The first-order valence-electron chi connectivity index (χ1n) is 6.30. The number of nitrogens with two attached hydrogens (primary N) is 1.